The highest BCUT2D eigenvalue weighted by molar-refractivity contribution is 6.35. The second kappa shape index (κ2) is 10.2. The smallest absolute Gasteiger partial charge is 0.270 e. The Labute approximate surface area is 211 Å². The van der Waals surface area contributed by atoms with E-state index in [9.17, 15) is 14.0 Å². The third kappa shape index (κ3) is 5.21. The molecule has 3 aromatic heterocycles. The van der Waals surface area contributed by atoms with Crippen molar-refractivity contribution in [3.05, 3.63) is 134 Å². The van der Waals surface area contributed by atoms with E-state index in [0.29, 0.717) is 34.5 Å². The van der Waals surface area contributed by atoms with Crippen molar-refractivity contribution in [2.75, 3.05) is 0 Å². The molecule has 36 heavy (non-hydrogen) atoms. The van der Waals surface area contributed by atoms with Gasteiger partial charge in [-0.1, -0.05) is 41.9 Å². The summed E-state index contributed by atoms with van der Waals surface area (Å²) in [4.78, 5) is 31.7. The van der Waals surface area contributed by atoms with Gasteiger partial charge >= 0.3 is 0 Å². The van der Waals surface area contributed by atoms with Crippen molar-refractivity contribution in [1.82, 2.24) is 19.9 Å². The molecule has 2 aromatic carbocycles. The Morgan fingerprint density at radius 1 is 1.03 bits per heavy atom. The monoisotopic (exact) mass is 500 g/mol. The van der Waals surface area contributed by atoms with Gasteiger partial charge in [0, 0.05) is 47.7 Å². The van der Waals surface area contributed by atoms with Crippen molar-refractivity contribution in [2.24, 2.45) is 0 Å². The van der Waals surface area contributed by atoms with E-state index in [1.54, 1.807) is 41.4 Å². The van der Waals surface area contributed by atoms with E-state index < -0.39 is 5.82 Å². The minimum absolute atomic E-state index is 0.0139. The highest BCUT2D eigenvalue weighted by Crippen LogP contribution is 2.25. The Kier molecular flexibility index (Phi) is 6.64. The molecule has 0 fully saturated rings. The van der Waals surface area contributed by atoms with Crippen molar-refractivity contribution in [2.45, 2.75) is 19.5 Å². The number of amides is 1. The number of aromatic nitrogens is 3. The lowest BCUT2D eigenvalue weighted by Gasteiger charge is -2.09. The molecule has 0 unspecified atom stereocenters. The number of H-pyrrole nitrogens is 1. The minimum atomic E-state index is -0.427. The molecule has 0 saturated carbocycles. The van der Waals surface area contributed by atoms with Crippen LogP contribution in [0.2, 0.25) is 5.02 Å². The molecule has 2 N–H and O–H groups in total. The Balaban J connectivity index is 1.23. The van der Waals surface area contributed by atoms with E-state index in [4.69, 9.17) is 11.6 Å². The molecule has 0 spiro atoms. The van der Waals surface area contributed by atoms with E-state index in [-0.39, 0.29) is 23.7 Å². The topological polar surface area (TPSA) is 79.8 Å². The van der Waals surface area contributed by atoms with Gasteiger partial charge in [-0.05, 0) is 53.4 Å². The van der Waals surface area contributed by atoms with Gasteiger partial charge < -0.3 is 14.9 Å². The zero-order chi connectivity index (χ0) is 25.1. The third-order valence-corrected chi connectivity index (χ3v) is 6.29. The molecular weight excluding hydrogens is 479 g/mol. The molecule has 6 nitrogen and oxygen atoms in total. The molecule has 0 saturated heterocycles. The van der Waals surface area contributed by atoms with Crippen LogP contribution >= 0.6 is 11.6 Å². The first-order valence-corrected chi connectivity index (χ1v) is 11.8. The molecular formula is C28H22ClFN4O2. The van der Waals surface area contributed by atoms with Gasteiger partial charge in [0.05, 0.1) is 11.6 Å². The van der Waals surface area contributed by atoms with Crippen LogP contribution in [0.1, 0.15) is 32.7 Å². The van der Waals surface area contributed by atoms with Gasteiger partial charge in [0.2, 0.25) is 0 Å². The number of aromatic amines is 1. The lowest BCUT2D eigenvalue weighted by Crippen LogP contribution is -2.24. The maximum atomic E-state index is 14.4. The minimum Gasteiger partial charge on any atom is -0.360 e. The summed E-state index contributed by atoms with van der Waals surface area (Å²) in [5, 5.41) is 3.93. The SMILES string of the molecule is O=C(NCc1cc2c(Cl)c[nH]c2cc1F)c1cc(Cc2ccc(Cn3ccccc3=O)cc2)ccn1. The summed E-state index contributed by atoms with van der Waals surface area (Å²) < 4.78 is 16.1. The number of carbonyl (C=O) groups excluding carboxylic acids is 1. The van der Waals surface area contributed by atoms with Crippen LogP contribution in [0.3, 0.4) is 0 Å². The third-order valence-electron chi connectivity index (χ3n) is 5.98. The summed E-state index contributed by atoms with van der Waals surface area (Å²) in [5.41, 5.74) is 4.17. The lowest BCUT2D eigenvalue weighted by molar-refractivity contribution is 0.0945. The Morgan fingerprint density at radius 3 is 2.64 bits per heavy atom. The number of hydrogen-bond donors (Lipinski definition) is 2. The second-order valence-electron chi connectivity index (χ2n) is 8.52. The predicted octanol–water partition coefficient (Wildman–Crippen LogP) is 5.09. The summed E-state index contributed by atoms with van der Waals surface area (Å²) in [7, 11) is 0. The van der Waals surface area contributed by atoms with E-state index >= 15 is 0 Å². The van der Waals surface area contributed by atoms with Gasteiger partial charge in [-0.3, -0.25) is 14.6 Å². The van der Waals surface area contributed by atoms with Gasteiger partial charge in [0.15, 0.2) is 0 Å². The van der Waals surface area contributed by atoms with Gasteiger partial charge in [0.25, 0.3) is 11.5 Å². The molecule has 8 heteroatoms. The van der Waals surface area contributed by atoms with Crippen LogP contribution in [0.25, 0.3) is 10.9 Å². The molecule has 5 aromatic rings. The highest BCUT2D eigenvalue weighted by Gasteiger charge is 2.12. The standard InChI is InChI=1S/C28H22ClFN4O2/c29-23-16-32-25-14-24(30)21(13-22(23)25)15-33-28(36)26-12-20(8-9-31-26)11-18-4-6-19(7-5-18)17-34-10-2-1-3-27(34)35/h1-10,12-14,16,32H,11,15,17H2,(H,33,36). The zero-order valence-corrected chi connectivity index (χ0v) is 19.9. The number of fused-ring (bicyclic) bond motifs is 1. The van der Waals surface area contributed by atoms with Gasteiger partial charge in [-0.15, -0.1) is 0 Å². The fourth-order valence-corrected chi connectivity index (χ4v) is 4.26. The number of halogens is 2. The number of pyridine rings is 2. The molecule has 3 heterocycles. The Bertz CT molecular complexity index is 1610. The number of hydrogen-bond acceptors (Lipinski definition) is 3. The second-order valence-corrected chi connectivity index (χ2v) is 8.93. The first kappa shape index (κ1) is 23.5. The molecule has 180 valence electrons. The van der Waals surface area contributed by atoms with E-state index in [2.05, 4.69) is 15.3 Å². The van der Waals surface area contributed by atoms with Crippen LogP contribution in [0, 0.1) is 5.82 Å². The molecule has 0 aliphatic heterocycles. The summed E-state index contributed by atoms with van der Waals surface area (Å²) in [6, 6.07) is 19.7. The van der Waals surface area contributed by atoms with E-state index in [0.717, 1.165) is 16.7 Å². The maximum Gasteiger partial charge on any atom is 0.270 e. The van der Waals surface area contributed by atoms with Crippen molar-refractivity contribution in [1.29, 1.82) is 0 Å². The number of nitrogens with one attached hydrogen (secondary N) is 2. The lowest BCUT2D eigenvalue weighted by atomic mass is 10.0. The fraction of sp³-hybridized carbons (Fsp3) is 0.107. The van der Waals surface area contributed by atoms with Crippen LogP contribution in [0.4, 0.5) is 4.39 Å². The number of nitrogens with zero attached hydrogens (tertiary/aromatic N) is 2. The number of carbonyl (C=O) groups is 1. The summed E-state index contributed by atoms with van der Waals surface area (Å²) in [6.45, 7) is 0.517. The van der Waals surface area contributed by atoms with Crippen LogP contribution < -0.4 is 10.9 Å². The predicted molar refractivity (Wildman–Crippen MR) is 138 cm³/mol. The quantitative estimate of drug-likeness (QED) is 0.327. The summed E-state index contributed by atoms with van der Waals surface area (Å²) in [6.07, 6.45) is 5.57. The molecule has 0 radical (unpaired) electrons. The molecule has 5 rings (SSSR count). The average molecular weight is 501 g/mol. The van der Waals surface area contributed by atoms with Crippen molar-refractivity contribution in [3.8, 4) is 0 Å². The molecule has 0 bridgehead atoms. The van der Waals surface area contributed by atoms with Gasteiger partial charge in [-0.25, -0.2) is 4.39 Å². The van der Waals surface area contributed by atoms with Crippen LogP contribution in [-0.2, 0) is 19.5 Å². The molecule has 0 aliphatic carbocycles. The maximum absolute atomic E-state index is 14.4. The molecule has 1 amide bonds. The highest BCUT2D eigenvalue weighted by atomic mass is 35.5. The number of rotatable bonds is 7. The number of benzene rings is 2. The van der Waals surface area contributed by atoms with Crippen LogP contribution in [-0.4, -0.2) is 20.4 Å². The normalized spacial score (nSPS) is 11.1. The van der Waals surface area contributed by atoms with Crippen molar-refractivity contribution < 1.29 is 9.18 Å². The average Bonchev–Trinajstić information content (AvgIpc) is 3.24. The summed E-state index contributed by atoms with van der Waals surface area (Å²) >= 11 is 6.13. The zero-order valence-electron chi connectivity index (χ0n) is 19.2. The van der Waals surface area contributed by atoms with E-state index in [1.165, 1.54) is 12.1 Å². The Hall–Kier alpha value is -4.23. The fourth-order valence-electron chi connectivity index (χ4n) is 4.05. The van der Waals surface area contributed by atoms with Gasteiger partial charge in [-0.2, -0.15) is 0 Å². The molecule has 0 aliphatic rings. The largest absolute Gasteiger partial charge is 0.360 e. The van der Waals surface area contributed by atoms with E-state index in [1.807, 2.05) is 36.4 Å². The summed E-state index contributed by atoms with van der Waals surface area (Å²) in [5.74, 6) is -0.816. The Morgan fingerprint density at radius 2 is 1.83 bits per heavy atom. The van der Waals surface area contributed by atoms with Crippen LogP contribution in [0.15, 0.2) is 90.1 Å². The van der Waals surface area contributed by atoms with Gasteiger partial charge in [0.1, 0.15) is 11.5 Å². The first-order valence-electron chi connectivity index (χ1n) is 11.4. The van der Waals surface area contributed by atoms with Crippen LogP contribution in [0.5, 0.6) is 0 Å². The van der Waals surface area contributed by atoms with Crippen molar-refractivity contribution >= 4 is 28.4 Å². The first-order chi connectivity index (χ1) is 17.5. The van der Waals surface area contributed by atoms with Crippen molar-refractivity contribution in [3.63, 3.8) is 0 Å². The molecule has 0 atom stereocenters.